The standard InChI is InChI=1S/C26H25Cl2N3O2S/c27-21-4-2-18-3-6-23(15-20(18)14-21)34(32,33)30-10-1-11-31-12-8-19(9-13-31)25-17-29-26-7-5-22(28)16-24(25)26/h2-8,14-17,29-30H,1,9-13H2. The lowest BCUT2D eigenvalue weighted by molar-refractivity contribution is 0.298. The van der Waals surface area contributed by atoms with Gasteiger partial charge in [0.15, 0.2) is 0 Å². The number of nitrogens with one attached hydrogen (secondary N) is 2. The largest absolute Gasteiger partial charge is 0.361 e. The lowest BCUT2D eigenvalue weighted by Gasteiger charge is -2.26. The van der Waals surface area contributed by atoms with Crippen LogP contribution >= 0.6 is 23.2 Å². The van der Waals surface area contributed by atoms with Crippen LogP contribution in [0, 0.1) is 0 Å². The zero-order valence-corrected chi connectivity index (χ0v) is 20.8. The number of halogens is 2. The van der Waals surface area contributed by atoms with E-state index in [0.29, 0.717) is 11.6 Å². The van der Waals surface area contributed by atoms with Crippen LogP contribution in [0.5, 0.6) is 0 Å². The van der Waals surface area contributed by atoms with Gasteiger partial charge in [0.1, 0.15) is 0 Å². The molecule has 8 heteroatoms. The first-order valence-electron chi connectivity index (χ1n) is 11.3. The number of aromatic nitrogens is 1. The smallest absolute Gasteiger partial charge is 0.240 e. The molecule has 0 aliphatic carbocycles. The first-order valence-corrected chi connectivity index (χ1v) is 13.5. The van der Waals surface area contributed by atoms with E-state index in [-0.39, 0.29) is 4.90 Å². The lowest BCUT2D eigenvalue weighted by Crippen LogP contribution is -2.32. The molecule has 1 aromatic heterocycles. The Kier molecular flexibility index (Phi) is 6.69. The summed E-state index contributed by atoms with van der Waals surface area (Å²) in [5.74, 6) is 0. The van der Waals surface area contributed by atoms with Gasteiger partial charge in [0, 0.05) is 52.3 Å². The third-order valence-corrected chi connectivity index (χ3v) is 8.24. The number of hydrogen-bond acceptors (Lipinski definition) is 3. The van der Waals surface area contributed by atoms with Gasteiger partial charge in [-0.05, 0) is 78.2 Å². The summed E-state index contributed by atoms with van der Waals surface area (Å²) in [5.41, 5.74) is 3.62. The summed E-state index contributed by atoms with van der Waals surface area (Å²) in [5, 5.41) is 4.24. The van der Waals surface area contributed by atoms with Crippen LogP contribution in [-0.4, -0.2) is 44.5 Å². The first kappa shape index (κ1) is 23.4. The van der Waals surface area contributed by atoms with Gasteiger partial charge in [0.05, 0.1) is 4.90 Å². The average molecular weight is 514 g/mol. The van der Waals surface area contributed by atoms with Gasteiger partial charge < -0.3 is 4.98 Å². The average Bonchev–Trinajstić information content (AvgIpc) is 3.25. The van der Waals surface area contributed by atoms with Crippen molar-refractivity contribution in [3.8, 4) is 0 Å². The Hall–Kier alpha value is -2.35. The van der Waals surface area contributed by atoms with Crippen LogP contribution in [0.2, 0.25) is 10.0 Å². The van der Waals surface area contributed by atoms with E-state index in [2.05, 4.69) is 26.9 Å². The van der Waals surface area contributed by atoms with E-state index in [4.69, 9.17) is 23.2 Å². The van der Waals surface area contributed by atoms with Crippen LogP contribution in [0.15, 0.2) is 71.8 Å². The minimum atomic E-state index is -3.57. The van der Waals surface area contributed by atoms with E-state index < -0.39 is 10.0 Å². The third-order valence-electron chi connectivity index (χ3n) is 6.31. The van der Waals surface area contributed by atoms with Gasteiger partial charge in [0.2, 0.25) is 10.0 Å². The zero-order chi connectivity index (χ0) is 23.7. The summed E-state index contributed by atoms with van der Waals surface area (Å²) in [4.78, 5) is 5.92. The molecular weight excluding hydrogens is 489 g/mol. The number of rotatable bonds is 7. The van der Waals surface area contributed by atoms with Gasteiger partial charge in [-0.2, -0.15) is 0 Å². The second kappa shape index (κ2) is 9.72. The Labute approximate surface area is 209 Å². The van der Waals surface area contributed by atoms with Gasteiger partial charge in [-0.1, -0.05) is 41.4 Å². The third kappa shape index (κ3) is 5.02. The zero-order valence-electron chi connectivity index (χ0n) is 18.5. The fourth-order valence-corrected chi connectivity index (χ4v) is 5.93. The van der Waals surface area contributed by atoms with Crippen molar-refractivity contribution in [3.63, 3.8) is 0 Å². The predicted molar refractivity (Wildman–Crippen MR) is 141 cm³/mol. The van der Waals surface area contributed by atoms with Crippen LogP contribution in [0.1, 0.15) is 18.4 Å². The summed E-state index contributed by atoms with van der Waals surface area (Å²) >= 11 is 12.2. The maximum atomic E-state index is 12.7. The highest BCUT2D eigenvalue weighted by Crippen LogP contribution is 2.31. The van der Waals surface area contributed by atoms with E-state index in [1.54, 1.807) is 30.3 Å². The Morgan fingerprint density at radius 2 is 1.76 bits per heavy atom. The highest BCUT2D eigenvalue weighted by atomic mass is 35.5. The Balaban J connectivity index is 1.15. The Morgan fingerprint density at radius 3 is 2.59 bits per heavy atom. The number of nitrogens with zero attached hydrogens (tertiary/aromatic N) is 1. The molecular formula is C26H25Cl2N3O2S. The lowest BCUT2D eigenvalue weighted by atomic mass is 9.99. The minimum Gasteiger partial charge on any atom is -0.361 e. The second-order valence-corrected chi connectivity index (χ2v) is 11.2. The molecule has 1 aliphatic heterocycles. The topological polar surface area (TPSA) is 65.2 Å². The molecule has 2 N–H and O–H groups in total. The Morgan fingerprint density at radius 1 is 0.971 bits per heavy atom. The SMILES string of the molecule is O=S(=O)(NCCCN1CC=C(c2c[nH]c3ccc(Cl)cc23)CC1)c1ccc2ccc(Cl)cc2c1. The molecule has 3 aromatic carbocycles. The van der Waals surface area contributed by atoms with Crippen LogP contribution in [0.3, 0.4) is 0 Å². The van der Waals surface area contributed by atoms with Crippen molar-refractivity contribution >= 4 is 60.5 Å². The molecule has 0 bridgehead atoms. The summed E-state index contributed by atoms with van der Waals surface area (Å²) in [7, 11) is -3.57. The van der Waals surface area contributed by atoms with Crippen molar-refractivity contribution in [2.24, 2.45) is 0 Å². The highest BCUT2D eigenvalue weighted by molar-refractivity contribution is 7.89. The summed E-state index contributed by atoms with van der Waals surface area (Å²) in [6, 6.07) is 16.5. The number of sulfonamides is 1. The molecule has 4 aromatic rings. The van der Waals surface area contributed by atoms with Gasteiger partial charge >= 0.3 is 0 Å². The van der Waals surface area contributed by atoms with Crippen LogP contribution in [0.4, 0.5) is 0 Å². The van der Waals surface area contributed by atoms with Crippen molar-refractivity contribution in [1.82, 2.24) is 14.6 Å². The summed E-state index contributed by atoms with van der Waals surface area (Å²) in [6.07, 6.45) is 6.00. The normalized spacial score (nSPS) is 15.2. The van der Waals surface area contributed by atoms with Crippen molar-refractivity contribution in [2.75, 3.05) is 26.2 Å². The van der Waals surface area contributed by atoms with Crippen molar-refractivity contribution in [3.05, 3.63) is 82.5 Å². The molecule has 0 radical (unpaired) electrons. The highest BCUT2D eigenvalue weighted by Gasteiger charge is 2.17. The Bertz CT molecular complexity index is 1490. The number of benzene rings is 3. The van der Waals surface area contributed by atoms with E-state index in [0.717, 1.165) is 59.2 Å². The van der Waals surface area contributed by atoms with Crippen molar-refractivity contribution < 1.29 is 8.42 Å². The van der Waals surface area contributed by atoms with E-state index in [1.807, 2.05) is 24.3 Å². The molecule has 0 spiro atoms. The van der Waals surface area contributed by atoms with E-state index >= 15 is 0 Å². The maximum absolute atomic E-state index is 12.7. The minimum absolute atomic E-state index is 0.256. The number of aromatic amines is 1. The van der Waals surface area contributed by atoms with Crippen molar-refractivity contribution in [2.45, 2.75) is 17.7 Å². The molecule has 0 unspecified atom stereocenters. The molecule has 1 aliphatic rings. The summed E-state index contributed by atoms with van der Waals surface area (Å²) in [6.45, 7) is 3.02. The fraction of sp³-hybridized carbons (Fsp3) is 0.231. The van der Waals surface area contributed by atoms with Crippen LogP contribution < -0.4 is 4.72 Å². The molecule has 5 rings (SSSR count). The molecule has 0 amide bonds. The van der Waals surface area contributed by atoms with Crippen LogP contribution in [0.25, 0.3) is 27.2 Å². The van der Waals surface area contributed by atoms with Gasteiger partial charge in [-0.25, -0.2) is 13.1 Å². The molecule has 5 nitrogen and oxygen atoms in total. The second-order valence-electron chi connectivity index (χ2n) is 8.58. The van der Waals surface area contributed by atoms with Gasteiger partial charge in [-0.15, -0.1) is 0 Å². The number of H-pyrrole nitrogens is 1. The maximum Gasteiger partial charge on any atom is 0.240 e. The first-order chi connectivity index (χ1) is 16.4. The summed E-state index contributed by atoms with van der Waals surface area (Å²) < 4.78 is 28.2. The van der Waals surface area contributed by atoms with Crippen LogP contribution in [-0.2, 0) is 10.0 Å². The molecule has 0 saturated heterocycles. The number of fused-ring (bicyclic) bond motifs is 2. The monoisotopic (exact) mass is 513 g/mol. The molecule has 176 valence electrons. The number of hydrogen-bond donors (Lipinski definition) is 2. The molecule has 0 atom stereocenters. The fourth-order valence-electron chi connectivity index (χ4n) is 4.47. The predicted octanol–water partition coefficient (Wildman–Crippen LogP) is 6.09. The molecule has 0 saturated carbocycles. The van der Waals surface area contributed by atoms with E-state index in [1.165, 1.54) is 11.1 Å². The van der Waals surface area contributed by atoms with E-state index in [9.17, 15) is 8.42 Å². The molecule has 0 fully saturated rings. The molecule has 2 heterocycles. The van der Waals surface area contributed by atoms with Crippen molar-refractivity contribution in [1.29, 1.82) is 0 Å². The van der Waals surface area contributed by atoms with Gasteiger partial charge in [0.25, 0.3) is 0 Å². The molecule has 34 heavy (non-hydrogen) atoms. The quantitative estimate of drug-likeness (QED) is 0.294. The van der Waals surface area contributed by atoms with Gasteiger partial charge in [-0.3, -0.25) is 4.90 Å².